The van der Waals surface area contributed by atoms with Gasteiger partial charge in [0.05, 0.1) is 6.26 Å². The topological polar surface area (TPSA) is 85.8 Å². The highest BCUT2D eigenvalue weighted by Gasteiger charge is 2.04. The van der Waals surface area contributed by atoms with Gasteiger partial charge in [0.2, 0.25) is 10.0 Å². The molecule has 0 amide bonds. The lowest BCUT2D eigenvalue weighted by Crippen LogP contribution is -2.40. The number of nitrogens with zero attached hydrogens (tertiary/aromatic N) is 2. The van der Waals surface area contributed by atoms with Crippen molar-refractivity contribution in [1.82, 2.24) is 15.4 Å². The number of aliphatic imine (C=N–C) groups is 1. The largest absolute Gasteiger partial charge is 0.372 e. The average Bonchev–Trinajstić information content (AvgIpc) is 2.59. The number of hydrogen-bond donors (Lipinski definition) is 3. The molecule has 0 spiro atoms. The molecule has 0 radical (unpaired) electrons. The molecular formula is C17H31N5O2S. The van der Waals surface area contributed by atoms with Crippen molar-refractivity contribution in [3.05, 3.63) is 30.3 Å². The van der Waals surface area contributed by atoms with Crippen LogP contribution in [-0.2, 0) is 10.0 Å². The summed E-state index contributed by atoms with van der Waals surface area (Å²) in [6.45, 7) is 6.02. The van der Waals surface area contributed by atoms with Crippen LogP contribution in [0, 0.1) is 0 Å². The van der Waals surface area contributed by atoms with Crippen molar-refractivity contribution in [2.75, 3.05) is 50.9 Å². The van der Waals surface area contributed by atoms with Crippen LogP contribution in [0.25, 0.3) is 0 Å². The van der Waals surface area contributed by atoms with Crippen molar-refractivity contribution < 1.29 is 8.42 Å². The van der Waals surface area contributed by atoms with Crippen LogP contribution in [0.15, 0.2) is 35.3 Å². The molecule has 1 aromatic rings. The number of benzene rings is 1. The minimum Gasteiger partial charge on any atom is -0.372 e. The summed E-state index contributed by atoms with van der Waals surface area (Å²) in [5.74, 6) is 0.738. The Bertz CT molecular complexity index is 605. The summed E-state index contributed by atoms with van der Waals surface area (Å²) in [6.07, 6.45) is 2.86. The van der Waals surface area contributed by atoms with E-state index in [1.54, 1.807) is 7.05 Å². The maximum absolute atomic E-state index is 11.0. The quantitative estimate of drug-likeness (QED) is 0.308. The molecule has 0 saturated carbocycles. The third-order valence-electron chi connectivity index (χ3n) is 3.63. The Hall–Kier alpha value is -1.80. The second-order valence-corrected chi connectivity index (χ2v) is 7.55. The predicted octanol–water partition coefficient (Wildman–Crippen LogP) is 1.01. The molecule has 0 fully saturated rings. The summed E-state index contributed by atoms with van der Waals surface area (Å²) in [5, 5.41) is 6.46. The summed E-state index contributed by atoms with van der Waals surface area (Å²) >= 11 is 0. The number of anilines is 1. The molecule has 1 aromatic carbocycles. The predicted molar refractivity (Wildman–Crippen MR) is 106 cm³/mol. The van der Waals surface area contributed by atoms with Gasteiger partial charge in [0.25, 0.3) is 0 Å². The second kappa shape index (κ2) is 11.7. The lowest BCUT2D eigenvalue weighted by Gasteiger charge is -2.23. The Morgan fingerprint density at radius 1 is 1.08 bits per heavy atom. The smallest absolute Gasteiger partial charge is 0.208 e. The van der Waals surface area contributed by atoms with Crippen LogP contribution >= 0.6 is 0 Å². The first-order valence-electron chi connectivity index (χ1n) is 8.65. The summed E-state index contributed by atoms with van der Waals surface area (Å²) < 4.78 is 24.4. The molecule has 8 heteroatoms. The van der Waals surface area contributed by atoms with Gasteiger partial charge < -0.3 is 15.5 Å². The molecule has 0 bridgehead atoms. The van der Waals surface area contributed by atoms with E-state index in [0.717, 1.165) is 38.3 Å². The van der Waals surface area contributed by atoms with Gasteiger partial charge in [-0.1, -0.05) is 18.2 Å². The molecule has 0 aliphatic carbocycles. The minimum absolute atomic E-state index is 0.422. The highest BCUT2D eigenvalue weighted by molar-refractivity contribution is 7.88. The molecule has 0 aliphatic rings. The first-order valence-corrected chi connectivity index (χ1v) is 10.5. The highest BCUT2D eigenvalue weighted by Crippen LogP contribution is 2.12. The lowest BCUT2D eigenvalue weighted by atomic mass is 10.2. The summed E-state index contributed by atoms with van der Waals surface area (Å²) in [7, 11) is -1.38. The van der Waals surface area contributed by atoms with Crippen molar-refractivity contribution >= 4 is 21.7 Å². The van der Waals surface area contributed by atoms with Gasteiger partial charge in [-0.05, 0) is 31.9 Å². The van der Waals surface area contributed by atoms with Crippen LogP contribution in [0.5, 0.6) is 0 Å². The Morgan fingerprint density at radius 2 is 1.72 bits per heavy atom. The van der Waals surface area contributed by atoms with Gasteiger partial charge in [0, 0.05) is 45.5 Å². The Kier molecular flexibility index (Phi) is 9.94. The fraction of sp³-hybridized carbons (Fsp3) is 0.588. The van der Waals surface area contributed by atoms with Crippen molar-refractivity contribution in [1.29, 1.82) is 0 Å². The average molecular weight is 370 g/mol. The molecule has 1 rings (SSSR count). The number of guanidine groups is 1. The van der Waals surface area contributed by atoms with Crippen LogP contribution in [0.1, 0.15) is 19.8 Å². The van der Waals surface area contributed by atoms with Gasteiger partial charge in [-0.3, -0.25) is 4.99 Å². The monoisotopic (exact) mass is 369 g/mol. The van der Waals surface area contributed by atoms with E-state index in [0.29, 0.717) is 19.5 Å². The summed E-state index contributed by atoms with van der Waals surface area (Å²) in [4.78, 5) is 6.51. The molecule has 0 heterocycles. The van der Waals surface area contributed by atoms with E-state index in [1.165, 1.54) is 5.69 Å². The zero-order valence-corrected chi connectivity index (χ0v) is 16.3. The first-order chi connectivity index (χ1) is 12.0. The number of rotatable bonds is 11. The molecule has 0 unspecified atom stereocenters. The maximum Gasteiger partial charge on any atom is 0.208 e. The van der Waals surface area contributed by atoms with Gasteiger partial charge >= 0.3 is 0 Å². The van der Waals surface area contributed by atoms with Crippen LogP contribution in [0.2, 0.25) is 0 Å². The van der Waals surface area contributed by atoms with Gasteiger partial charge in [0.15, 0.2) is 5.96 Å². The highest BCUT2D eigenvalue weighted by atomic mass is 32.2. The number of hydrogen-bond acceptors (Lipinski definition) is 4. The van der Waals surface area contributed by atoms with Crippen molar-refractivity contribution in [2.45, 2.75) is 19.8 Å². The molecule has 0 aliphatic heterocycles. The van der Waals surface area contributed by atoms with Gasteiger partial charge in [-0.25, -0.2) is 13.1 Å². The van der Waals surface area contributed by atoms with Crippen LogP contribution in [0.3, 0.4) is 0 Å². The molecule has 0 atom stereocenters. The molecule has 7 nitrogen and oxygen atoms in total. The van der Waals surface area contributed by atoms with Crippen LogP contribution in [0.4, 0.5) is 5.69 Å². The van der Waals surface area contributed by atoms with Crippen LogP contribution < -0.4 is 20.3 Å². The van der Waals surface area contributed by atoms with Crippen LogP contribution in [-0.4, -0.2) is 60.4 Å². The van der Waals surface area contributed by atoms with E-state index >= 15 is 0 Å². The second-order valence-electron chi connectivity index (χ2n) is 5.71. The fourth-order valence-corrected chi connectivity index (χ4v) is 2.87. The summed E-state index contributed by atoms with van der Waals surface area (Å²) in [5.41, 5.74) is 1.24. The van der Waals surface area contributed by atoms with E-state index in [4.69, 9.17) is 0 Å². The third kappa shape index (κ3) is 9.93. The van der Waals surface area contributed by atoms with Gasteiger partial charge in [0.1, 0.15) is 0 Å². The Labute approximate surface area is 152 Å². The molecular weight excluding hydrogens is 338 g/mol. The van der Waals surface area contributed by atoms with E-state index < -0.39 is 10.0 Å². The Balaban J connectivity index is 2.20. The standard InChI is InChI=1S/C17H31N5O2S/c1-4-22(16-10-6-5-7-11-16)15-9-13-20-17(18-2)19-12-8-14-21-25(3,23)24/h5-7,10-11,21H,4,8-9,12-15H2,1-3H3,(H2,18,19,20). The maximum atomic E-state index is 11.0. The minimum atomic E-state index is -3.11. The molecule has 0 saturated heterocycles. The number of nitrogens with one attached hydrogen (secondary N) is 3. The number of sulfonamides is 1. The normalized spacial score (nSPS) is 12.0. The SMILES string of the molecule is CCN(CCCNC(=NC)NCCCNS(C)(=O)=O)c1ccccc1. The van der Waals surface area contributed by atoms with E-state index in [9.17, 15) is 8.42 Å². The van der Waals surface area contributed by atoms with E-state index in [2.05, 4.69) is 56.4 Å². The number of para-hydroxylation sites is 1. The van der Waals surface area contributed by atoms with E-state index in [-0.39, 0.29) is 0 Å². The fourth-order valence-electron chi connectivity index (χ4n) is 2.36. The first kappa shape index (κ1) is 21.2. The molecule has 0 aromatic heterocycles. The van der Waals surface area contributed by atoms with E-state index in [1.807, 2.05) is 6.07 Å². The van der Waals surface area contributed by atoms with Crippen molar-refractivity contribution in [2.24, 2.45) is 4.99 Å². The molecule has 3 N–H and O–H groups in total. The molecule has 142 valence electrons. The zero-order valence-electron chi connectivity index (χ0n) is 15.5. The van der Waals surface area contributed by atoms with Gasteiger partial charge in [-0.15, -0.1) is 0 Å². The lowest BCUT2D eigenvalue weighted by molar-refractivity contribution is 0.584. The Morgan fingerprint density at radius 3 is 2.28 bits per heavy atom. The van der Waals surface area contributed by atoms with Gasteiger partial charge in [-0.2, -0.15) is 0 Å². The van der Waals surface area contributed by atoms with Crippen molar-refractivity contribution in [3.8, 4) is 0 Å². The zero-order chi connectivity index (χ0) is 18.5. The molecule has 25 heavy (non-hydrogen) atoms. The van der Waals surface area contributed by atoms with Crippen molar-refractivity contribution in [3.63, 3.8) is 0 Å². The third-order valence-corrected chi connectivity index (χ3v) is 4.36. The summed E-state index contributed by atoms with van der Waals surface area (Å²) in [6, 6.07) is 10.4.